The van der Waals surface area contributed by atoms with Gasteiger partial charge < -0.3 is 10.6 Å². The van der Waals surface area contributed by atoms with Crippen molar-refractivity contribution < 1.29 is 18.0 Å². The second-order valence-corrected chi connectivity index (χ2v) is 6.00. The van der Waals surface area contributed by atoms with E-state index < -0.39 is 12.2 Å². The number of alkyl halides is 3. The molecule has 0 aromatic heterocycles. The van der Waals surface area contributed by atoms with Crippen molar-refractivity contribution >= 4 is 5.91 Å². The van der Waals surface area contributed by atoms with E-state index in [-0.39, 0.29) is 12.5 Å². The maximum atomic E-state index is 13.1. The molecule has 1 heterocycles. The number of nitrogens with zero attached hydrogens (tertiary/aromatic N) is 1. The summed E-state index contributed by atoms with van der Waals surface area (Å²) in [6, 6.07) is -1.58. The van der Waals surface area contributed by atoms with Crippen LogP contribution < -0.4 is 10.6 Å². The van der Waals surface area contributed by atoms with Gasteiger partial charge in [0.2, 0.25) is 5.91 Å². The molecule has 0 radical (unpaired) electrons. The molecule has 0 spiro atoms. The van der Waals surface area contributed by atoms with Crippen molar-refractivity contribution in [1.82, 2.24) is 15.5 Å². The molecule has 1 aliphatic heterocycles. The highest BCUT2D eigenvalue weighted by atomic mass is 19.4. The maximum Gasteiger partial charge on any atom is 0.405 e. The lowest BCUT2D eigenvalue weighted by atomic mass is 10.0. The number of hydrogen-bond donors (Lipinski definition) is 2. The molecule has 2 N–H and O–H groups in total. The minimum Gasteiger partial charge on any atom is -0.354 e. The summed E-state index contributed by atoms with van der Waals surface area (Å²) in [7, 11) is 0. The number of halogens is 3. The summed E-state index contributed by atoms with van der Waals surface area (Å²) < 4.78 is 39.4. The highest BCUT2D eigenvalue weighted by Crippen LogP contribution is 2.28. The molecule has 21 heavy (non-hydrogen) atoms. The zero-order valence-corrected chi connectivity index (χ0v) is 12.2. The van der Waals surface area contributed by atoms with Gasteiger partial charge in [0, 0.05) is 39.1 Å². The average molecular weight is 307 g/mol. The quantitative estimate of drug-likeness (QED) is 0.809. The van der Waals surface area contributed by atoms with Gasteiger partial charge in [0.25, 0.3) is 0 Å². The molecule has 1 unspecified atom stereocenters. The molecule has 1 saturated heterocycles. The maximum absolute atomic E-state index is 13.1. The number of carbonyl (C=O) groups excluding carboxylic acids is 1. The van der Waals surface area contributed by atoms with E-state index in [0.29, 0.717) is 38.5 Å². The first-order valence-electron chi connectivity index (χ1n) is 7.75. The summed E-state index contributed by atoms with van der Waals surface area (Å²) in [6.07, 6.45) is 0.361. The average Bonchev–Trinajstić information content (AvgIpc) is 2.91. The summed E-state index contributed by atoms with van der Waals surface area (Å²) >= 11 is 0. The Morgan fingerprint density at radius 2 is 1.86 bits per heavy atom. The lowest BCUT2D eigenvalue weighted by molar-refractivity contribution is -0.184. The van der Waals surface area contributed by atoms with Crippen molar-refractivity contribution in [3.8, 4) is 0 Å². The number of piperazine rings is 1. The number of nitrogens with one attached hydrogen (secondary N) is 2. The molecule has 1 atom stereocenters. The van der Waals surface area contributed by atoms with Gasteiger partial charge in [0.05, 0.1) is 0 Å². The number of amides is 1. The van der Waals surface area contributed by atoms with Crippen LogP contribution in [0.3, 0.4) is 0 Å². The molecule has 1 saturated carbocycles. The Hall–Kier alpha value is -0.820. The molecule has 0 aromatic carbocycles. The van der Waals surface area contributed by atoms with Crippen LogP contribution in [0.5, 0.6) is 0 Å². The Kier molecular flexibility index (Phi) is 5.87. The van der Waals surface area contributed by atoms with Crippen LogP contribution in [-0.4, -0.2) is 55.7 Å². The molecule has 7 heteroatoms. The van der Waals surface area contributed by atoms with Gasteiger partial charge in [-0.2, -0.15) is 13.2 Å². The smallest absolute Gasteiger partial charge is 0.354 e. The molecule has 2 aliphatic rings. The van der Waals surface area contributed by atoms with Gasteiger partial charge in [-0.25, -0.2) is 0 Å². The van der Waals surface area contributed by atoms with E-state index in [1.807, 2.05) is 0 Å². The normalized spacial score (nSPS) is 23.2. The number of hydrogen-bond acceptors (Lipinski definition) is 3. The molecular formula is C14H24F3N3O. The summed E-state index contributed by atoms with van der Waals surface area (Å²) in [4.78, 5) is 13.2. The molecular weight excluding hydrogens is 283 g/mol. The van der Waals surface area contributed by atoms with Crippen LogP contribution in [-0.2, 0) is 4.79 Å². The van der Waals surface area contributed by atoms with E-state index in [1.54, 1.807) is 0 Å². The van der Waals surface area contributed by atoms with E-state index in [2.05, 4.69) is 10.6 Å². The van der Waals surface area contributed by atoms with Crippen LogP contribution in [0.1, 0.15) is 32.1 Å². The lowest BCUT2D eigenvalue weighted by Crippen LogP contribution is -2.57. The summed E-state index contributed by atoms with van der Waals surface area (Å²) in [5.74, 6) is 0.111. The predicted molar refractivity (Wildman–Crippen MR) is 73.9 cm³/mol. The van der Waals surface area contributed by atoms with E-state index in [4.69, 9.17) is 0 Å². The highest BCUT2D eigenvalue weighted by molar-refractivity contribution is 5.76. The van der Waals surface area contributed by atoms with Crippen molar-refractivity contribution in [2.75, 3.05) is 32.7 Å². The Labute approximate surface area is 123 Å². The Morgan fingerprint density at radius 3 is 2.43 bits per heavy atom. The summed E-state index contributed by atoms with van der Waals surface area (Å²) in [5.41, 5.74) is 0. The van der Waals surface area contributed by atoms with Crippen LogP contribution in [0.4, 0.5) is 13.2 Å². The monoisotopic (exact) mass is 307 g/mol. The minimum absolute atomic E-state index is 0.244. The van der Waals surface area contributed by atoms with Crippen molar-refractivity contribution in [2.45, 2.75) is 44.3 Å². The number of carbonyl (C=O) groups is 1. The van der Waals surface area contributed by atoms with Gasteiger partial charge in [0.15, 0.2) is 0 Å². The highest BCUT2D eigenvalue weighted by Gasteiger charge is 2.43. The van der Waals surface area contributed by atoms with Gasteiger partial charge in [-0.1, -0.05) is 12.8 Å². The SMILES string of the molecule is O=C(CC1CCCC1)NCC(N1CCNCC1)C(F)(F)F. The van der Waals surface area contributed by atoms with E-state index in [0.717, 1.165) is 25.7 Å². The van der Waals surface area contributed by atoms with Crippen LogP contribution in [0.2, 0.25) is 0 Å². The van der Waals surface area contributed by atoms with Crippen molar-refractivity contribution in [1.29, 1.82) is 0 Å². The van der Waals surface area contributed by atoms with E-state index in [9.17, 15) is 18.0 Å². The standard InChI is InChI=1S/C14H24F3N3O/c15-14(16,17)12(20-7-5-18-6-8-20)10-19-13(21)9-11-3-1-2-4-11/h11-12,18H,1-10H2,(H,19,21). The Bertz CT molecular complexity index is 337. The molecule has 122 valence electrons. The molecule has 4 nitrogen and oxygen atoms in total. The topological polar surface area (TPSA) is 44.4 Å². The first-order valence-corrected chi connectivity index (χ1v) is 7.75. The van der Waals surface area contributed by atoms with Crippen molar-refractivity contribution in [3.63, 3.8) is 0 Å². The third-order valence-corrected chi connectivity index (χ3v) is 4.41. The molecule has 0 bridgehead atoms. The Balaban J connectivity index is 1.81. The van der Waals surface area contributed by atoms with Crippen molar-refractivity contribution in [2.24, 2.45) is 5.92 Å². The first-order chi connectivity index (χ1) is 9.97. The third-order valence-electron chi connectivity index (χ3n) is 4.41. The molecule has 2 rings (SSSR count). The second kappa shape index (κ2) is 7.45. The zero-order valence-electron chi connectivity index (χ0n) is 12.2. The van der Waals surface area contributed by atoms with Gasteiger partial charge >= 0.3 is 6.18 Å². The zero-order chi connectivity index (χ0) is 15.3. The Morgan fingerprint density at radius 1 is 1.24 bits per heavy atom. The molecule has 1 aliphatic carbocycles. The van der Waals surface area contributed by atoms with Gasteiger partial charge in [-0.3, -0.25) is 9.69 Å². The minimum atomic E-state index is -4.31. The molecule has 2 fully saturated rings. The van der Waals surface area contributed by atoms with E-state index in [1.165, 1.54) is 4.90 Å². The van der Waals surface area contributed by atoms with Crippen LogP contribution >= 0.6 is 0 Å². The number of rotatable bonds is 5. The van der Waals surface area contributed by atoms with Gasteiger partial charge in [0.1, 0.15) is 6.04 Å². The summed E-state index contributed by atoms with van der Waals surface area (Å²) in [5, 5.41) is 5.53. The van der Waals surface area contributed by atoms with Gasteiger partial charge in [-0.15, -0.1) is 0 Å². The van der Waals surface area contributed by atoms with E-state index >= 15 is 0 Å². The predicted octanol–water partition coefficient (Wildman–Crippen LogP) is 1.52. The lowest BCUT2D eigenvalue weighted by Gasteiger charge is -2.36. The molecule has 1 amide bonds. The van der Waals surface area contributed by atoms with Crippen LogP contribution in [0.25, 0.3) is 0 Å². The second-order valence-electron chi connectivity index (χ2n) is 6.00. The fourth-order valence-corrected chi connectivity index (χ4v) is 3.21. The fourth-order valence-electron chi connectivity index (χ4n) is 3.21. The van der Waals surface area contributed by atoms with Crippen LogP contribution in [0, 0.1) is 5.92 Å². The first kappa shape index (κ1) is 16.5. The van der Waals surface area contributed by atoms with Crippen molar-refractivity contribution in [3.05, 3.63) is 0 Å². The van der Waals surface area contributed by atoms with Crippen LogP contribution in [0.15, 0.2) is 0 Å². The third kappa shape index (κ3) is 5.14. The largest absolute Gasteiger partial charge is 0.405 e. The fraction of sp³-hybridized carbons (Fsp3) is 0.929. The van der Waals surface area contributed by atoms with Gasteiger partial charge in [-0.05, 0) is 18.8 Å². The summed E-state index contributed by atoms with van der Waals surface area (Å²) in [6.45, 7) is 1.51. The molecule has 0 aromatic rings.